The summed E-state index contributed by atoms with van der Waals surface area (Å²) in [5, 5.41) is 2.77. The van der Waals surface area contributed by atoms with E-state index in [0.717, 1.165) is 4.31 Å². The average molecular weight is 503 g/mol. The van der Waals surface area contributed by atoms with E-state index in [1.54, 1.807) is 42.5 Å². The number of rotatable bonds is 9. The molecule has 0 atom stereocenters. The zero-order valence-corrected chi connectivity index (χ0v) is 20.1. The molecule has 0 spiro atoms. The summed E-state index contributed by atoms with van der Waals surface area (Å²) in [7, 11) is -2.87. The molecule has 0 aliphatic rings. The van der Waals surface area contributed by atoms with Gasteiger partial charge in [-0.25, -0.2) is 13.2 Å². The number of para-hydroxylation sites is 1. The molecule has 0 radical (unpaired) electrons. The molecule has 0 saturated carbocycles. The Kier molecular flexibility index (Phi) is 8.14. The first kappa shape index (κ1) is 25.1. The molecule has 3 aromatic rings. The van der Waals surface area contributed by atoms with E-state index >= 15 is 0 Å². The van der Waals surface area contributed by atoms with Crippen molar-refractivity contribution in [3.8, 4) is 5.75 Å². The molecule has 34 heavy (non-hydrogen) atoms. The number of esters is 1. The van der Waals surface area contributed by atoms with E-state index in [1.165, 1.54) is 37.4 Å². The number of sulfonamides is 1. The van der Waals surface area contributed by atoms with E-state index in [1.807, 2.05) is 6.92 Å². The first-order chi connectivity index (χ1) is 16.3. The fourth-order valence-electron chi connectivity index (χ4n) is 3.11. The lowest BCUT2D eigenvalue weighted by Crippen LogP contribution is -2.38. The molecule has 0 bridgehead atoms. The molecule has 0 aliphatic carbocycles. The van der Waals surface area contributed by atoms with Gasteiger partial charge in [0.25, 0.3) is 10.0 Å². The van der Waals surface area contributed by atoms with Crippen molar-refractivity contribution in [1.82, 2.24) is 0 Å². The third-order valence-corrected chi connectivity index (χ3v) is 6.83. The Balaban J connectivity index is 1.89. The first-order valence-corrected chi connectivity index (χ1v) is 12.1. The van der Waals surface area contributed by atoms with Gasteiger partial charge >= 0.3 is 5.97 Å². The van der Waals surface area contributed by atoms with Gasteiger partial charge in [-0.2, -0.15) is 0 Å². The third-order valence-electron chi connectivity index (χ3n) is 4.71. The van der Waals surface area contributed by atoms with E-state index in [0.29, 0.717) is 18.0 Å². The highest BCUT2D eigenvalue weighted by atomic mass is 35.5. The Morgan fingerprint density at radius 1 is 1.00 bits per heavy atom. The van der Waals surface area contributed by atoms with Crippen LogP contribution in [0.1, 0.15) is 17.3 Å². The summed E-state index contributed by atoms with van der Waals surface area (Å²) in [6.45, 7) is 1.77. The fourth-order valence-corrected chi connectivity index (χ4v) is 4.73. The number of benzene rings is 3. The molecule has 8 nitrogen and oxygen atoms in total. The minimum Gasteiger partial charge on any atom is -0.494 e. The molecule has 1 amide bonds. The fraction of sp³-hybridized carbons (Fsp3) is 0.167. The van der Waals surface area contributed by atoms with Crippen molar-refractivity contribution in [3.05, 3.63) is 83.4 Å². The van der Waals surface area contributed by atoms with Gasteiger partial charge in [0.2, 0.25) is 5.91 Å². The van der Waals surface area contributed by atoms with Crippen LogP contribution in [-0.4, -0.2) is 40.6 Å². The van der Waals surface area contributed by atoms with E-state index in [4.69, 9.17) is 16.3 Å². The van der Waals surface area contributed by atoms with Gasteiger partial charge in [0.15, 0.2) is 0 Å². The van der Waals surface area contributed by atoms with Gasteiger partial charge in [0.05, 0.1) is 34.9 Å². The molecule has 3 rings (SSSR count). The molecule has 0 heterocycles. The average Bonchev–Trinajstić information content (AvgIpc) is 2.84. The number of nitrogens with zero attached hydrogens (tertiary/aromatic N) is 1. The lowest BCUT2D eigenvalue weighted by molar-refractivity contribution is -0.114. The summed E-state index contributed by atoms with van der Waals surface area (Å²) in [5.74, 6) is -0.740. The van der Waals surface area contributed by atoms with Gasteiger partial charge in [-0.15, -0.1) is 0 Å². The van der Waals surface area contributed by atoms with Crippen molar-refractivity contribution in [2.45, 2.75) is 11.8 Å². The van der Waals surface area contributed by atoms with Gasteiger partial charge < -0.3 is 14.8 Å². The van der Waals surface area contributed by atoms with Crippen LogP contribution in [0.2, 0.25) is 5.02 Å². The summed E-state index contributed by atoms with van der Waals surface area (Å²) in [6, 6.07) is 18.6. The van der Waals surface area contributed by atoms with E-state index in [9.17, 15) is 18.0 Å². The highest BCUT2D eigenvalue weighted by Gasteiger charge is 2.27. The maximum Gasteiger partial charge on any atom is 0.339 e. The second kappa shape index (κ2) is 11.0. The molecule has 0 unspecified atom stereocenters. The van der Waals surface area contributed by atoms with Crippen LogP contribution in [0.3, 0.4) is 0 Å². The molecule has 0 saturated heterocycles. The zero-order valence-electron chi connectivity index (χ0n) is 18.5. The van der Waals surface area contributed by atoms with Gasteiger partial charge in [-0.05, 0) is 61.5 Å². The van der Waals surface area contributed by atoms with Crippen LogP contribution >= 0.6 is 11.6 Å². The molecule has 0 aromatic heterocycles. The van der Waals surface area contributed by atoms with Crippen molar-refractivity contribution in [1.29, 1.82) is 0 Å². The number of amides is 1. The maximum atomic E-state index is 13.4. The second-order valence-corrected chi connectivity index (χ2v) is 9.26. The van der Waals surface area contributed by atoms with E-state index in [-0.39, 0.29) is 21.2 Å². The van der Waals surface area contributed by atoms with Crippen LogP contribution < -0.4 is 14.4 Å². The lowest BCUT2D eigenvalue weighted by Gasteiger charge is -2.24. The molecule has 0 fully saturated rings. The minimum atomic E-state index is -4.08. The lowest BCUT2D eigenvalue weighted by atomic mass is 10.2. The van der Waals surface area contributed by atoms with Gasteiger partial charge in [-0.3, -0.25) is 9.10 Å². The Hall–Kier alpha value is -3.56. The SMILES string of the molecule is CCOc1ccc(S(=O)(=O)N(CC(=O)Nc2ccc(Cl)c(C(=O)OC)c2)c2ccccc2)cc1. The van der Waals surface area contributed by atoms with Crippen LogP contribution in [0.5, 0.6) is 5.75 Å². The van der Waals surface area contributed by atoms with Crippen molar-refractivity contribution >= 4 is 44.9 Å². The summed E-state index contributed by atoms with van der Waals surface area (Å²) >= 11 is 6.02. The highest BCUT2D eigenvalue weighted by molar-refractivity contribution is 7.92. The molecule has 10 heteroatoms. The largest absolute Gasteiger partial charge is 0.494 e. The van der Waals surface area contributed by atoms with Crippen molar-refractivity contribution in [3.63, 3.8) is 0 Å². The predicted molar refractivity (Wildman–Crippen MR) is 130 cm³/mol. The quantitative estimate of drug-likeness (QED) is 0.436. The Bertz CT molecular complexity index is 1260. The van der Waals surface area contributed by atoms with Crippen LogP contribution in [-0.2, 0) is 19.6 Å². The monoisotopic (exact) mass is 502 g/mol. The smallest absolute Gasteiger partial charge is 0.339 e. The van der Waals surface area contributed by atoms with Crippen LogP contribution in [0, 0.1) is 0 Å². The Morgan fingerprint density at radius 2 is 1.68 bits per heavy atom. The number of carbonyl (C=O) groups is 2. The summed E-state index contributed by atoms with van der Waals surface area (Å²) in [6.07, 6.45) is 0. The summed E-state index contributed by atoms with van der Waals surface area (Å²) < 4.78 is 38.0. The standard InChI is InChI=1S/C24H23ClN2O6S/c1-3-33-19-10-12-20(13-11-19)34(30,31)27(18-7-5-4-6-8-18)16-23(28)26-17-9-14-22(25)21(15-17)24(29)32-2/h4-15H,3,16H2,1-2H3,(H,26,28). The zero-order chi connectivity index (χ0) is 24.7. The molecule has 3 aromatic carbocycles. The number of hydrogen-bond donors (Lipinski definition) is 1. The molecular weight excluding hydrogens is 480 g/mol. The molecular formula is C24H23ClN2O6S. The van der Waals surface area contributed by atoms with E-state index in [2.05, 4.69) is 10.1 Å². The van der Waals surface area contributed by atoms with Gasteiger partial charge in [0.1, 0.15) is 12.3 Å². The summed E-state index contributed by atoms with van der Waals surface area (Å²) in [5.41, 5.74) is 0.656. The van der Waals surface area contributed by atoms with Crippen molar-refractivity contribution < 1.29 is 27.5 Å². The number of carbonyl (C=O) groups excluding carboxylic acids is 2. The Labute approximate surface area is 203 Å². The maximum absolute atomic E-state index is 13.4. The third kappa shape index (κ3) is 5.86. The Morgan fingerprint density at radius 3 is 2.29 bits per heavy atom. The first-order valence-electron chi connectivity index (χ1n) is 10.2. The number of methoxy groups -OCH3 is 1. The van der Waals surface area contributed by atoms with Crippen LogP contribution in [0.15, 0.2) is 77.7 Å². The minimum absolute atomic E-state index is 0.00655. The number of nitrogens with one attached hydrogen (secondary N) is 1. The van der Waals surface area contributed by atoms with Crippen molar-refractivity contribution in [2.75, 3.05) is 29.9 Å². The number of hydrogen-bond acceptors (Lipinski definition) is 6. The van der Waals surface area contributed by atoms with Crippen LogP contribution in [0.25, 0.3) is 0 Å². The summed E-state index contributed by atoms with van der Waals surface area (Å²) in [4.78, 5) is 24.7. The number of halogens is 1. The normalized spacial score (nSPS) is 10.9. The predicted octanol–water partition coefficient (Wildman–Crippen LogP) is 4.36. The second-order valence-electron chi connectivity index (χ2n) is 6.99. The topological polar surface area (TPSA) is 102 Å². The number of anilines is 2. The highest BCUT2D eigenvalue weighted by Crippen LogP contribution is 2.26. The number of ether oxygens (including phenoxy) is 2. The molecule has 0 aliphatic heterocycles. The van der Waals surface area contributed by atoms with Crippen molar-refractivity contribution in [2.24, 2.45) is 0 Å². The van der Waals surface area contributed by atoms with Crippen LogP contribution in [0.4, 0.5) is 11.4 Å². The molecule has 1 N–H and O–H groups in total. The molecule has 178 valence electrons. The van der Waals surface area contributed by atoms with Gasteiger partial charge in [-0.1, -0.05) is 29.8 Å². The van der Waals surface area contributed by atoms with E-state index < -0.39 is 28.4 Å². The van der Waals surface area contributed by atoms with Gasteiger partial charge in [0, 0.05) is 5.69 Å².